The van der Waals surface area contributed by atoms with Crippen molar-refractivity contribution in [3.63, 3.8) is 0 Å². The van der Waals surface area contributed by atoms with Gasteiger partial charge in [-0.3, -0.25) is 9.59 Å². The lowest BCUT2D eigenvalue weighted by Crippen LogP contribution is -2.39. The summed E-state index contributed by atoms with van der Waals surface area (Å²) in [7, 11) is 1.57. The number of methoxy groups -OCH3 is 1. The molecule has 5 nitrogen and oxygen atoms in total. The summed E-state index contributed by atoms with van der Waals surface area (Å²) in [5, 5.41) is 3.54. The fraction of sp³-hybridized carbons (Fsp3) is 0.222. The van der Waals surface area contributed by atoms with Crippen LogP contribution in [-0.2, 0) is 16.1 Å². The fourth-order valence-corrected chi connectivity index (χ4v) is 2.82. The van der Waals surface area contributed by atoms with Gasteiger partial charge >= 0.3 is 0 Å². The van der Waals surface area contributed by atoms with Gasteiger partial charge in [-0.25, -0.2) is 0 Å². The molecule has 0 aliphatic heterocycles. The molecular weight excluding hydrogens is 363 g/mol. The van der Waals surface area contributed by atoms with Crippen molar-refractivity contribution in [2.24, 2.45) is 0 Å². The molecule has 0 saturated carbocycles. The van der Waals surface area contributed by atoms with Crippen LogP contribution in [0.3, 0.4) is 0 Å². The van der Waals surface area contributed by atoms with Crippen LogP contribution in [0, 0.1) is 0 Å². The van der Waals surface area contributed by atoms with E-state index in [0.717, 1.165) is 5.56 Å². The molecule has 2 rings (SSSR count). The number of benzene rings is 2. The zero-order valence-corrected chi connectivity index (χ0v) is 15.4. The molecule has 0 bridgehead atoms. The Morgan fingerprint density at radius 1 is 1.16 bits per heavy atom. The maximum Gasteiger partial charge on any atom is 0.240 e. The van der Waals surface area contributed by atoms with Gasteiger partial charge in [0.05, 0.1) is 17.8 Å². The van der Waals surface area contributed by atoms with Gasteiger partial charge in [0.2, 0.25) is 11.8 Å². The zero-order valence-electron chi connectivity index (χ0n) is 13.9. The Hall–Kier alpha value is -2.24. The molecule has 0 saturated heterocycles. The van der Waals surface area contributed by atoms with Crippen molar-refractivity contribution in [2.45, 2.75) is 13.5 Å². The third-order valence-corrected chi connectivity index (χ3v) is 4.09. The van der Waals surface area contributed by atoms with Crippen LogP contribution in [0.2, 0.25) is 10.0 Å². The van der Waals surface area contributed by atoms with Crippen molar-refractivity contribution in [1.29, 1.82) is 0 Å². The van der Waals surface area contributed by atoms with Crippen LogP contribution in [0.25, 0.3) is 0 Å². The van der Waals surface area contributed by atoms with E-state index in [2.05, 4.69) is 5.32 Å². The molecule has 0 spiro atoms. The molecule has 0 radical (unpaired) electrons. The molecule has 7 heteroatoms. The van der Waals surface area contributed by atoms with E-state index in [1.54, 1.807) is 19.2 Å². The van der Waals surface area contributed by atoms with Crippen molar-refractivity contribution in [3.05, 3.63) is 58.1 Å². The van der Waals surface area contributed by atoms with Crippen LogP contribution in [0.1, 0.15) is 12.5 Å². The van der Waals surface area contributed by atoms with E-state index in [4.69, 9.17) is 27.9 Å². The van der Waals surface area contributed by atoms with E-state index in [0.29, 0.717) is 28.0 Å². The topological polar surface area (TPSA) is 58.6 Å². The molecule has 2 aromatic rings. The molecule has 2 amide bonds. The summed E-state index contributed by atoms with van der Waals surface area (Å²) in [6.07, 6.45) is 0. The molecule has 0 aromatic heterocycles. The Bertz CT molecular complexity index is 781. The molecule has 0 heterocycles. The van der Waals surface area contributed by atoms with Gasteiger partial charge in [0.1, 0.15) is 12.3 Å². The average molecular weight is 381 g/mol. The molecule has 0 atom stereocenters. The number of amides is 2. The number of carbonyl (C=O) groups excluding carboxylic acids is 2. The second-order valence-electron chi connectivity index (χ2n) is 5.29. The van der Waals surface area contributed by atoms with Crippen LogP contribution in [-0.4, -0.2) is 25.5 Å². The number of nitrogens with zero attached hydrogens (tertiary/aromatic N) is 1. The predicted molar refractivity (Wildman–Crippen MR) is 99.3 cm³/mol. The number of hydrogen-bond acceptors (Lipinski definition) is 3. The number of nitrogens with one attached hydrogen (secondary N) is 1. The van der Waals surface area contributed by atoms with Gasteiger partial charge in [-0.1, -0.05) is 41.4 Å². The molecule has 1 N–H and O–H groups in total. The second kappa shape index (κ2) is 8.74. The minimum Gasteiger partial charge on any atom is -0.496 e. The zero-order chi connectivity index (χ0) is 18.4. The lowest BCUT2D eigenvalue weighted by molar-refractivity contribution is -0.123. The first-order valence-electron chi connectivity index (χ1n) is 7.54. The highest BCUT2D eigenvalue weighted by Gasteiger charge is 2.18. The molecule has 0 fully saturated rings. The molecule has 25 heavy (non-hydrogen) atoms. The molecule has 0 aliphatic rings. The third-order valence-electron chi connectivity index (χ3n) is 3.55. The SMILES string of the molecule is COc1ccccc1CNC(=O)CN(C(C)=O)c1ccc(Cl)cc1Cl. The van der Waals surface area contributed by atoms with Crippen molar-refractivity contribution >= 4 is 40.7 Å². The number of anilines is 1. The molecule has 0 unspecified atom stereocenters. The Morgan fingerprint density at radius 2 is 1.88 bits per heavy atom. The van der Waals surface area contributed by atoms with Crippen LogP contribution in [0.4, 0.5) is 5.69 Å². The van der Waals surface area contributed by atoms with Gasteiger partial charge in [-0.15, -0.1) is 0 Å². The van der Waals surface area contributed by atoms with Crippen LogP contribution in [0.15, 0.2) is 42.5 Å². The summed E-state index contributed by atoms with van der Waals surface area (Å²) in [5.41, 5.74) is 1.28. The number of halogens is 2. The van der Waals surface area contributed by atoms with E-state index in [-0.39, 0.29) is 18.4 Å². The Balaban J connectivity index is 2.07. The van der Waals surface area contributed by atoms with Crippen LogP contribution >= 0.6 is 23.2 Å². The first kappa shape index (κ1) is 19.1. The molecular formula is C18H18Cl2N2O3. The van der Waals surface area contributed by atoms with E-state index in [1.165, 1.54) is 17.9 Å². The van der Waals surface area contributed by atoms with Crippen molar-refractivity contribution < 1.29 is 14.3 Å². The lowest BCUT2D eigenvalue weighted by atomic mass is 10.2. The van der Waals surface area contributed by atoms with Crippen molar-refractivity contribution in [1.82, 2.24) is 5.32 Å². The van der Waals surface area contributed by atoms with Crippen molar-refractivity contribution in [3.8, 4) is 5.75 Å². The first-order valence-corrected chi connectivity index (χ1v) is 8.29. The Morgan fingerprint density at radius 3 is 2.52 bits per heavy atom. The highest BCUT2D eigenvalue weighted by atomic mass is 35.5. The summed E-state index contributed by atoms with van der Waals surface area (Å²) in [4.78, 5) is 25.5. The highest BCUT2D eigenvalue weighted by molar-refractivity contribution is 6.36. The van der Waals surface area contributed by atoms with Crippen LogP contribution < -0.4 is 15.0 Å². The number of carbonyl (C=O) groups is 2. The number of rotatable bonds is 6. The first-order chi connectivity index (χ1) is 11.9. The number of hydrogen-bond donors (Lipinski definition) is 1. The van der Waals surface area contributed by atoms with E-state index >= 15 is 0 Å². The van der Waals surface area contributed by atoms with Crippen LogP contribution in [0.5, 0.6) is 5.75 Å². The molecule has 132 valence electrons. The van der Waals surface area contributed by atoms with Gasteiger partial charge in [0.25, 0.3) is 0 Å². The monoisotopic (exact) mass is 380 g/mol. The lowest BCUT2D eigenvalue weighted by Gasteiger charge is -2.22. The van der Waals surface area contributed by atoms with E-state index in [1.807, 2.05) is 24.3 Å². The van der Waals surface area contributed by atoms with E-state index < -0.39 is 0 Å². The average Bonchev–Trinajstić information content (AvgIpc) is 2.58. The number of para-hydroxylation sites is 1. The standard InChI is InChI=1S/C18H18Cl2N2O3/c1-12(23)22(16-8-7-14(19)9-15(16)20)11-18(24)21-10-13-5-3-4-6-17(13)25-2/h3-9H,10-11H2,1-2H3,(H,21,24). The smallest absolute Gasteiger partial charge is 0.240 e. The maximum atomic E-state index is 12.3. The fourth-order valence-electron chi connectivity index (χ4n) is 2.31. The molecule has 0 aliphatic carbocycles. The summed E-state index contributed by atoms with van der Waals surface area (Å²) in [6, 6.07) is 12.1. The largest absolute Gasteiger partial charge is 0.496 e. The van der Waals surface area contributed by atoms with Gasteiger partial charge < -0.3 is 15.0 Å². The van der Waals surface area contributed by atoms with Gasteiger partial charge in [0, 0.05) is 24.1 Å². The quantitative estimate of drug-likeness (QED) is 0.831. The summed E-state index contributed by atoms with van der Waals surface area (Å²) >= 11 is 12.0. The summed E-state index contributed by atoms with van der Waals surface area (Å²) < 4.78 is 5.25. The Kier molecular flexibility index (Phi) is 6.67. The summed E-state index contributed by atoms with van der Waals surface area (Å²) in [6.45, 7) is 1.52. The predicted octanol–water partition coefficient (Wildman–Crippen LogP) is 3.67. The third kappa shape index (κ3) is 5.11. The van der Waals surface area contributed by atoms with Gasteiger partial charge in [-0.05, 0) is 24.3 Å². The Labute approximate surface area is 156 Å². The summed E-state index contributed by atoms with van der Waals surface area (Å²) in [5.74, 6) is 0.0794. The van der Waals surface area contributed by atoms with Gasteiger partial charge in [-0.2, -0.15) is 0 Å². The van der Waals surface area contributed by atoms with Crippen molar-refractivity contribution in [2.75, 3.05) is 18.6 Å². The highest BCUT2D eigenvalue weighted by Crippen LogP contribution is 2.28. The maximum absolute atomic E-state index is 12.3. The normalized spacial score (nSPS) is 10.2. The molecule has 2 aromatic carbocycles. The number of ether oxygens (including phenoxy) is 1. The van der Waals surface area contributed by atoms with E-state index in [9.17, 15) is 9.59 Å². The minimum atomic E-state index is -0.313. The second-order valence-corrected chi connectivity index (χ2v) is 6.13. The minimum absolute atomic E-state index is 0.147. The van der Waals surface area contributed by atoms with Gasteiger partial charge in [0.15, 0.2) is 0 Å².